The third kappa shape index (κ3) is 3.89. The van der Waals surface area contributed by atoms with Crippen molar-refractivity contribution in [3.63, 3.8) is 0 Å². The van der Waals surface area contributed by atoms with E-state index in [4.69, 9.17) is 0 Å². The Labute approximate surface area is 91.8 Å². The molecule has 0 radical (unpaired) electrons. The first kappa shape index (κ1) is 12.0. The molecule has 5 heteroatoms. The molecule has 1 rings (SSSR count). The van der Waals surface area contributed by atoms with Crippen molar-refractivity contribution < 1.29 is 4.55 Å². The minimum atomic E-state index is -1.27. The number of pyridine rings is 1. The molecule has 0 aromatic carbocycles. The summed E-state index contributed by atoms with van der Waals surface area (Å²) in [5.41, 5.74) is 0.566. The molecule has 1 aromatic rings. The van der Waals surface area contributed by atoms with Crippen molar-refractivity contribution >= 4 is 17.6 Å². The molecule has 82 valence electrons. The van der Waals surface area contributed by atoms with Gasteiger partial charge in [-0.2, -0.15) is 0 Å². The van der Waals surface area contributed by atoms with E-state index in [1.54, 1.807) is 6.07 Å². The summed E-state index contributed by atoms with van der Waals surface area (Å²) in [6.07, 6.45) is 3.03. The summed E-state index contributed by atoms with van der Waals surface area (Å²) < 4.78 is 15.1. The fourth-order valence-electron chi connectivity index (χ4n) is 0.770. The van der Waals surface area contributed by atoms with Crippen LogP contribution in [0.25, 0.3) is 0 Å². The highest BCUT2D eigenvalue weighted by molar-refractivity contribution is 7.91. The SMILES string of the molecule is CC(C)(C)[S@@+]([O-])/N=C/c1ccc(=O)[nH]c1. The second kappa shape index (κ2) is 4.63. The molecule has 0 saturated heterocycles. The Morgan fingerprint density at radius 2 is 2.13 bits per heavy atom. The van der Waals surface area contributed by atoms with Crippen molar-refractivity contribution in [3.8, 4) is 0 Å². The predicted octanol–water partition coefficient (Wildman–Crippen LogP) is 1.26. The Kier molecular flexibility index (Phi) is 3.71. The highest BCUT2D eigenvalue weighted by Gasteiger charge is 2.25. The van der Waals surface area contributed by atoms with E-state index < -0.39 is 11.4 Å². The molecule has 0 aliphatic heterocycles. The highest BCUT2D eigenvalue weighted by Crippen LogP contribution is 2.16. The Morgan fingerprint density at radius 3 is 2.60 bits per heavy atom. The lowest BCUT2D eigenvalue weighted by Gasteiger charge is -2.17. The predicted molar refractivity (Wildman–Crippen MR) is 62.6 cm³/mol. The molecule has 0 aliphatic rings. The standard InChI is InChI=1S/C10H14N2O2S/c1-10(2,3)15(14)12-7-8-4-5-9(13)11-6-8/h4-7H,1-3H3,(H,11,13)/b12-7+/t15-/m1/s1. The number of nitrogens with zero attached hydrogens (tertiary/aromatic N) is 1. The zero-order valence-corrected chi connectivity index (χ0v) is 9.80. The first-order chi connectivity index (χ1) is 6.89. The third-order valence-electron chi connectivity index (χ3n) is 1.63. The van der Waals surface area contributed by atoms with Crippen LogP contribution in [0.5, 0.6) is 0 Å². The summed E-state index contributed by atoms with van der Waals surface area (Å²) in [5.74, 6) is 0. The summed E-state index contributed by atoms with van der Waals surface area (Å²) >= 11 is -1.27. The average Bonchev–Trinajstić information content (AvgIpc) is 2.15. The maximum Gasteiger partial charge on any atom is 0.247 e. The lowest BCUT2D eigenvalue weighted by atomic mass is 10.3. The number of hydrogen-bond donors (Lipinski definition) is 1. The number of H-pyrrole nitrogens is 1. The van der Waals surface area contributed by atoms with Gasteiger partial charge in [0.2, 0.25) is 5.56 Å². The van der Waals surface area contributed by atoms with Gasteiger partial charge in [0.1, 0.15) is 16.1 Å². The van der Waals surface area contributed by atoms with Crippen LogP contribution in [0.3, 0.4) is 0 Å². The van der Waals surface area contributed by atoms with Crippen molar-refractivity contribution in [2.24, 2.45) is 4.40 Å². The minimum Gasteiger partial charge on any atom is -0.591 e. The van der Waals surface area contributed by atoms with Gasteiger partial charge in [-0.15, -0.1) is 0 Å². The molecule has 0 bridgehead atoms. The van der Waals surface area contributed by atoms with Gasteiger partial charge in [0.05, 0.1) is 6.21 Å². The number of aromatic amines is 1. The molecule has 0 fully saturated rings. The monoisotopic (exact) mass is 226 g/mol. The first-order valence-electron chi connectivity index (χ1n) is 4.54. The van der Waals surface area contributed by atoms with Crippen LogP contribution in [0, 0.1) is 0 Å². The van der Waals surface area contributed by atoms with E-state index >= 15 is 0 Å². The van der Waals surface area contributed by atoms with Gasteiger partial charge in [0.15, 0.2) is 0 Å². The molecule has 4 nitrogen and oxygen atoms in total. The third-order valence-corrected chi connectivity index (χ3v) is 2.97. The summed E-state index contributed by atoms with van der Waals surface area (Å²) in [6.45, 7) is 5.56. The second-order valence-corrected chi connectivity index (χ2v) is 6.02. The van der Waals surface area contributed by atoms with E-state index in [0.717, 1.165) is 5.56 Å². The van der Waals surface area contributed by atoms with Gasteiger partial charge >= 0.3 is 0 Å². The molecule has 1 N–H and O–H groups in total. The van der Waals surface area contributed by atoms with Crippen LogP contribution < -0.4 is 5.56 Å². The second-order valence-electron chi connectivity index (χ2n) is 4.08. The minimum absolute atomic E-state index is 0.163. The van der Waals surface area contributed by atoms with Crippen molar-refractivity contribution in [1.82, 2.24) is 4.98 Å². The summed E-state index contributed by atoms with van der Waals surface area (Å²) in [4.78, 5) is 13.3. The van der Waals surface area contributed by atoms with Gasteiger partial charge in [-0.3, -0.25) is 4.79 Å². The smallest absolute Gasteiger partial charge is 0.247 e. The van der Waals surface area contributed by atoms with Crippen LogP contribution >= 0.6 is 0 Å². The Morgan fingerprint density at radius 1 is 1.47 bits per heavy atom. The fourth-order valence-corrected chi connectivity index (χ4v) is 1.30. The summed E-state index contributed by atoms with van der Waals surface area (Å²) in [5, 5.41) is 0. The molecular weight excluding hydrogens is 212 g/mol. The van der Waals surface area contributed by atoms with E-state index in [-0.39, 0.29) is 10.3 Å². The van der Waals surface area contributed by atoms with Crippen molar-refractivity contribution in [1.29, 1.82) is 0 Å². The Hall–Kier alpha value is -1.07. The molecule has 0 saturated carbocycles. The quantitative estimate of drug-likeness (QED) is 0.609. The molecule has 15 heavy (non-hydrogen) atoms. The van der Waals surface area contributed by atoms with E-state index in [9.17, 15) is 9.35 Å². The van der Waals surface area contributed by atoms with Crippen molar-refractivity contribution in [2.45, 2.75) is 25.5 Å². The molecule has 0 amide bonds. The fraction of sp³-hybridized carbons (Fsp3) is 0.400. The van der Waals surface area contributed by atoms with Crippen LogP contribution in [0.2, 0.25) is 0 Å². The van der Waals surface area contributed by atoms with Gasteiger partial charge in [0, 0.05) is 17.8 Å². The van der Waals surface area contributed by atoms with Crippen LogP contribution in [-0.2, 0) is 11.4 Å². The van der Waals surface area contributed by atoms with Gasteiger partial charge in [-0.1, -0.05) is 4.40 Å². The average molecular weight is 226 g/mol. The molecule has 1 heterocycles. The van der Waals surface area contributed by atoms with E-state index in [2.05, 4.69) is 9.38 Å². The highest BCUT2D eigenvalue weighted by atomic mass is 32.2. The molecular formula is C10H14N2O2S. The molecule has 0 aliphatic carbocycles. The zero-order valence-electron chi connectivity index (χ0n) is 8.98. The first-order valence-corrected chi connectivity index (χ1v) is 5.65. The number of nitrogens with one attached hydrogen (secondary N) is 1. The van der Waals surface area contributed by atoms with Gasteiger partial charge in [0.25, 0.3) is 0 Å². The van der Waals surface area contributed by atoms with E-state index in [1.807, 2.05) is 20.8 Å². The van der Waals surface area contributed by atoms with E-state index in [0.29, 0.717) is 0 Å². The van der Waals surface area contributed by atoms with Gasteiger partial charge < -0.3 is 9.54 Å². The van der Waals surface area contributed by atoms with E-state index in [1.165, 1.54) is 18.5 Å². The summed E-state index contributed by atoms with van der Waals surface area (Å²) in [6, 6.07) is 3.03. The lowest BCUT2D eigenvalue weighted by molar-refractivity contribution is 0.562. The van der Waals surface area contributed by atoms with Crippen molar-refractivity contribution in [2.75, 3.05) is 0 Å². The van der Waals surface area contributed by atoms with Crippen LogP contribution in [0.1, 0.15) is 26.3 Å². The van der Waals surface area contributed by atoms with Crippen molar-refractivity contribution in [3.05, 3.63) is 34.2 Å². The molecule has 0 spiro atoms. The summed E-state index contributed by atoms with van der Waals surface area (Å²) in [7, 11) is 0. The van der Waals surface area contributed by atoms with Gasteiger partial charge in [-0.25, -0.2) is 0 Å². The number of hydrogen-bond acceptors (Lipinski definition) is 3. The Balaban J connectivity index is 2.74. The van der Waals surface area contributed by atoms with Crippen LogP contribution in [0.15, 0.2) is 27.5 Å². The lowest BCUT2D eigenvalue weighted by Crippen LogP contribution is -2.25. The Bertz CT molecular complexity index is 386. The van der Waals surface area contributed by atoms with Gasteiger partial charge in [-0.05, 0) is 26.8 Å². The number of aromatic nitrogens is 1. The normalized spacial score (nSPS) is 14.4. The maximum atomic E-state index is 11.5. The molecule has 0 unspecified atom stereocenters. The topological polar surface area (TPSA) is 68.3 Å². The number of rotatable bonds is 2. The molecule has 1 atom stereocenters. The zero-order chi connectivity index (χ0) is 11.5. The largest absolute Gasteiger partial charge is 0.591 e. The maximum absolute atomic E-state index is 11.5. The van der Waals surface area contributed by atoms with Crippen LogP contribution in [-0.4, -0.2) is 20.5 Å². The molecule has 1 aromatic heterocycles. The van der Waals surface area contributed by atoms with Crippen LogP contribution in [0.4, 0.5) is 0 Å².